The molecule has 1 atom stereocenters. The van der Waals surface area contributed by atoms with Crippen LogP contribution in [0.15, 0.2) is 41.7 Å². The summed E-state index contributed by atoms with van der Waals surface area (Å²) in [7, 11) is 1.68. The Labute approximate surface area is 176 Å². The quantitative estimate of drug-likeness (QED) is 0.525. The molecule has 0 aliphatic carbocycles. The van der Waals surface area contributed by atoms with Crippen LogP contribution in [0.1, 0.15) is 20.3 Å². The molecule has 29 heavy (non-hydrogen) atoms. The number of carbonyl (C=O) groups excluding carboxylic acids is 1. The molecule has 1 aliphatic rings. The lowest BCUT2D eigenvalue weighted by Gasteiger charge is -2.36. The summed E-state index contributed by atoms with van der Waals surface area (Å²) in [4.78, 5) is 25.4. The molecule has 3 rings (SSSR count). The molecule has 0 radical (unpaired) electrons. The first-order valence-corrected chi connectivity index (χ1v) is 11.0. The highest BCUT2D eigenvalue weighted by molar-refractivity contribution is 7.99. The van der Waals surface area contributed by atoms with Crippen molar-refractivity contribution in [1.82, 2.24) is 15.3 Å². The summed E-state index contributed by atoms with van der Waals surface area (Å²) in [6.07, 6.45) is 2.51. The monoisotopic (exact) mass is 415 g/mol. The highest BCUT2D eigenvalue weighted by Crippen LogP contribution is 2.24. The summed E-state index contributed by atoms with van der Waals surface area (Å²) in [5.41, 5.74) is 1.21. The number of hydrogen-bond acceptors (Lipinski definition) is 7. The number of thioether (sulfide) groups is 1. The average Bonchev–Trinajstić information content (AvgIpc) is 2.78. The van der Waals surface area contributed by atoms with E-state index in [0.29, 0.717) is 5.75 Å². The van der Waals surface area contributed by atoms with Crippen LogP contribution in [0.5, 0.6) is 5.75 Å². The molecule has 1 aromatic heterocycles. The second-order valence-electron chi connectivity index (χ2n) is 7.05. The second kappa shape index (κ2) is 10.3. The van der Waals surface area contributed by atoms with Gasteiger partial charge in [-0.15, -0.1) is 0 Å². The minimum atomic E-state index is 0.0395. The zero-order chi connectivity index (χ0) is 20.6. The lowest BCUT2D eigenvalue weighted by atomic mass is 10.2. The molecule has 1 fully saturated rings. The molecule has 1 unspecified atom stereocenters. The molecular weight excluding hydrogens is 386 g/mol. The number of methoxy groups -OCH3 is 1. The molecule has 1 amide bonds. The molecule has 0 saturated carbocycles. The molecule has 0 bridgehead atoms. The van der Waals surface area contributed by atoms with Gasteiger partial charge in [-0.3, -0.25) is 4.79 Å². The van der Waals surface area contributed by atoms with Crippen LogP contribution in [0.2, 0.25) is 0 Å². The topological polar surface area (TPSA) is 70.6 Å². The number of aromatic nitrogens is 2. The SMILES string of the molecule is CCC(C)NC(=O)CSc1cc(N2CCN(c3ccc(OC)cc3)CC2)ncn1. The molecule has 1 aromatic carbocycles. The summed E-state index contributed by atoms with van der Waals surface area (Å²) >= 11 is 1.45. The van der Waals surface area contributed by atoms with Crippen molar-refractivity contribution in [3.05, 3.63) is 36.7 Å². The average molecular weight is 416 g/mol. The van der Waals surface area contributed by atoms with E-state index >= 15 is 0 Å². The second-order valence-corrected chi connectivity index (χ2v) is 8.05. The molecule has 8 heteroatoms. The smallest absolute Gasteiger partial charge is 0.230 e. The summed E-state index contributed by atoms with van der Waals surface area (Å²) in [5.74, 6) is 2.19. The van der Waals surface area contributed by atoms with Crippen molar-refractivity contribution in [3.8, 4) is 5.75 Å². The van der Waals surface area contributed by atoms with Crippen molar-refractivity contribution in [1.29, 1.82) is 0 Å². The van der Waals surface area contributed by atoms with Gasteiger partial charge in [0.2, 0.25) is 5.91 Å². The van der Waals surface area contributed by atoms with Crippen LogP contribution in [0.4, 0.5) is 11.5 Å². The summed E-state index contributed by atoms with van der Waals surface area (Å²) in [6.45, 7) is 7.70. The highest BCUT2D eigenvalue weighted by atomic mass is 32.2. The standard InChI is InChI=1S/C21H29N5O2S/c1-4-16(2)24-20(27)14-29-21-13-19(22-15-23-21)26-11-9-25(10-12-26)17-5-7-18(28-3)8-6-17/h5-8,13,15-16H,4,9-12,14H2,1-3H3,(H,24,27). The number of hydrogen-bond donors (Lipinski definition) is 1. The van der Waals surface area contributed by atoms with Crippen molar-refractivity contribution in [2.24, 2.45) is 0 Å². The van der Waals surface area contributed by atoms with Gasteiger partial charge in [0.05, 0.1) is 12.9 Å². The maximum atomic E-state index is 12.0. The van der Waals surface area contributed by atoms with Gasteiger partial charge in [-0.2, -0.15) is 0 Å². The number of carbonyl (C=O) groups is 1. The normalized spacial score (nSPS) is 15.1. The molecular formula is C21H29N5O2S. The predicted molar refractivity (Wildman–Crippen MR) is 118 cm³/mol. The molecule has 2 heterocycles. The van der Waals surface area contributed by atoms with Gasteiger partial charge in [0.25, 0.3) is 0 Å². The maximum absolute atomic E-state index is 12.0. The number of anilines is 2. The molecule has 156 valence electrons. The lowest BCUT2D eigenvalue weighted by molar-refractivity contribution is -0.119. The van der Waals surface area contributed by atoms with Crippen LogP contribution in [0, 0.1) is 0 Å². The number of ether oxygens (including phenoxy) is 1. The van der Waals surface area contributed by atoms with Crippen LogP contribution in [0.3, 0.4) is 0 Å². The van der Waals surface area contributed by atoms with Crippen molar-refractivity contribution in [3.63, 3.8) is 0 Å². The van der Waals surface area contributed by atoms with E-state index < -0.39 is 0 Å². The minimum Gasteiger partial charge on any atom is -0.497 e. The van der Waals surface area contributed by atoms with Gasteiger partial charge >= 0.3 is 0 Å². The van der Waals surface area contributed by atoms with E-state index in [-0.39, 0.29) is 11.9 Å². The van der Waals surface area contributed by atoms with Crippen molar-refractivity contribution in [2.75, 3.05) is 48.8 Å². The first-order valence-electron chi connectivity index (χ1n) is 9.97. The first kappa shape index (κ1) is 21.2. The Balaban J connectivity index is 1.52. The van der Waals surface area contributed by atoms with Crippen LogP contribution < -0.4 is 19.9 Å². The summed E-state index contributed by atoms with van der Waals surface area (Å²) < 4.78 is 5.23. The van der Waals surface area contributed by atoms with E-state index in [9.17, 15) is 4.79 Å². The number of rotatable bonds is 8. The lowest BCUT2D eigenvalue weighted by Crippen LogP contribution is -2.46. The fourth-order valence-corrected chi connectivity index (χ4v) is 3.80. The Kier molecular flexibility index (Phi) is 7.57. The molecule has 7 nitrogen and oxygen atoms in total. The molecule has 1 saturated heterocycles. The highest BCUT2D eigenvalue weighted by Gasteiger charge is 2.19. The minimum absolute atomic E-state index is 0.0395. The van der Waals surface area contributed by atoms with Gasteiger partial charge < -0.3 is 19.9 Å². The third-order valence-corrected chi connectivity index (χ3v) is 5.97. The van der Waals surface area contributed by atoms with Crippen molar-refractivity contribution < 1.29 is 9.53 Å². The number of amides is 1. The summed E-state index contributed by atoms with van der Waals surface area (Å²) in [5, 5.41) is 3.80. The van der Waals surface area contributed by atoms with E-state index in [4.69, 9.17) is 4.74 Å². The zero-order valence-electron chi connectivity index (χ0n) is 17.3. The number of piperazine rings is 1. The maximum Gasteiger partial charge on any atom is 0.230 e. The third kappa shape index (κ3) is 6.00. The van der Waals surface area contributed by atoms with E-state index in [2.05, 4.69) is 44.1 Å². The van der Waals surface area contributed by atoms with E-state index in [1.54, 1.807) is 13.4 Å². The van der Waals surface area contributed by atoms with E-state index in [0.717, 1.165) is 49.2 Å². The third-order valence-electron chi connectivity index (χ3n) is 5.04. The number of nitrogens with one attached hydrogen (secondary N) is 1. The van der Waals surface area contributed by atoms with Gasteiger partial charge in [-0.1, -0.05) is 18.7 Å². The van der Waals surface area contributed by atoms with E-state index in [1.165, 1.54) is 17.4 Å². The fourth-order valence-electron chi connectivity index (χ4n) is 3.13. The van der Waals surface area contributed by atoms with Crippen molar-refractivity contribution >= 4 is 29.2 Å². The Morgan fingerprint density at radius 2 is 1.86 bits per heavy atom. The van der Waals surface area contributed by atoms with Gasteiger partial charge in [0.1, 0.15) is 22.9 Å². The van der Waals surface area contributed by atoms with Crippen LogP contribution in [-0.2, 0) is 4.79 Å². The Morgan fingerprint density at radius 3 is 2.52 bits per heavy atom. The van der Waals surface area contributed by atoms with Gasteiger partial charge in [0.15, 0.2) is 0 Å². The van der Waals surface area contributed by atoms with Crippen LogP contribution >= 0.6 is 11.8 Å². The van der Waals surface area contributed by atoms with Gasteiger partial charge in [-0.05, 0) is 37.6 Å². The van der Waals surface area contributed by atoms with Crippen LogP contribution in [0.25, 0.3) is 0 Å². The molecule has 0 spiro atoms. The molecule has 1 N–H and O–H groups in total. The Bertz CT molecular complexity index is 794. The fraction of sp³-hybridized carbons (Fsp3) is 0.476. The first-order chi connectivity index (χ1) is 14.1. The van der Waals surface area contributed by atoms with Crippen LogP contribution in [-0.4, -0.2) is 61.0 Å². The van der Waals surface area contributed by atoms with E-state index in [1.807, 2.05) is 25.1 Å². The Morgan fingerprint density at radius 1 is 1.17 bits per heavy atom. The Hall–Kier alpha value is -2.48. The van der Waals surface area contributed by atoms with Crippen molar-refractivity contribution in [2.45, 2.75) is 31.3 Å². The molecule has 1 aliphatic heterocycles. The zero-order valence-corrected chi connectivity index (χ0v) is 18.1. The number of nitrogens with zero attached hydrogens (tertiary/aromatic N) is 4. The summed E-state index contributed by atoms with van der Waals surface area (Å²) in [6, 6.07) is 10.4. The largest absolute Gasteiger partial charge is 0.497 e. The van der Waals surface area contributed by atoms with Gasteiger partial charge in [-0.25, -0.2) is 9.97 Å². The van der Waals surface area contributed by atoms with Gasteiger partial charge in [0, 0.05) is 44.0 Å². The molecule has 2 aromatic rings. The number of benzene rings is 1. The predicted octanol–water partition coefficient (Wildman–Crippen LogP) is 2.82.